The van der Waals surface area contributed by atoms with Crippen LogP contribution in [0.4, 0.5) is 0 Å². The highest BCUT2D eigenvalue weighted by Crippen LogP contribution is 2.19. The number of aliphatic hydroxyl groups is 1. The van der Waals surface area contributed by atoms with Crippen LogP contribution in [0.3, 0.4) is 0 Å². The monoisotopic (exact) mass is 211 g/mol. The van der Waals surface area contributed by atoms with Crippen molar-refractivity contribution in [2.75, 3.05) is 19.6 Å². The minimum absolute atomic E-state index is 0.168. The molecule has 1 atom stereocenters. The topological polar surface area (TPSA) is 62.4 Å². The molecule has 0 bridgehead atoms. The lowest BCUT2D eigenvalue weighted by atomic mass is 10.1. The fourth-order valence-corrected chi connectivity index (χ4v) is 2.06. The number of likely N-dealkylation sites (tertiary alicyclic amines) is 1. The fraction of sp³-hybridized carbons (Fsp3) is 0.800. The van der Waals surface area contributed by atoms with Gasteiger partial charge in [-0.25, -0.2) is 0 Å². The SMILES string of the molecule is CCN1CCC(Cc2noc(CO)n2)C1. The number of nitrogens with zero attached hydrogens (tertiary/aromatic N) is 3. The molecule has 0 spiro atoms. The molecule has 1 aromatic rings. The zero-order valence-corrected chi connectivity index (χ0v) is 9.02. The van der Waals surface area contributed by atoms with Crippen LogP contribution in [-0.2, 0) is 13.0 Å². The van der Waals surface area contributed by atoms with Crippen molar-refractivity contribution in [1.82, 2.24) is 15.0 Å². The molecule has 5 heteroatoms. The lowest BCUT2D eigenvalue weighted by Gasteiger charge is -2.11. The summed E-state index contributed by atoms with van der Waals surface area (Å²) in [5.41, 5.74) is 0. The predicted molar refractivity (Wildman–Crippen MR) is 54.1 cm³/mol. The summed E-state index contributed by atoms with van der Waals surface area (Å²) in [6, 6.07) is 0. The van der Waals surface area contributed by atoms with Crippen LogP contribution < -0.4 is 0 Å². The maximum atomic E-state index is 8.79. The molecular formula is C10H17N3O2. The van der Waals surface area contributed by atoms with Crippen molar-refractivity contribution in [2.24, 2.45) is 5.92 Å². The number of aromatic nitrogens is 2. The van der Waals surface area contributed by atoms with Gasteiger partial charge in [-0.2, -0.15) is 4.98 Å². The molecule has 1 fully saturated rings. The maximum absolute atomic E-state index is 8.79. The molecule has 84 valence electrons. The van der Waals surface area contributed by atoms with Crippen molar-refractivity contribution in [1.29, 1.82) is 0 Å². The zero-order valence-electron chi connectivity index (χ0n) is 9.02. The molecule has 0 aromatic carbocycles. The summed E-state index contributed by atoms with van der Waals surface area (Å²) >= 11 is 0. The van der Waals surface area contributed by atoms with Crippen LogP contribution in [0.25, 0.3) is 0 Å². The number of rotatable bonds is 4. The minimum Gasteiger partial charge on any atom is -0.387 e. The predicted octanol–water partition coefficient (Wildman–Crippen LogP) is 0.446. The van der Waals surface area contributed by atoms with E-state index in [1.165, 1.54) is 13.0 Å². The average Bonchev–Trinajstić information content (AvgIpc) is 2.87. The van der Waals surface area contributed by atoms with Crippen molar-refractivity contribution in [2.45, 2.75) is 26.4 Å². The Morgan fingerprint density at radius 2 is 2.47 bits per heavy atom. The second-order valence-corrected chi connectivity index (χ2v) is 4.01. The highest BCUT2D eigenvalue weighted by molar-refractivity contribution is 4.90. The van der Waals surface area contributed by atoms with Gasteiger partial charge in [0.25, 0.3) is 5.89 Å². The molecule has 0 aliphatic carbocycles. The van der Waals surface area contributed by atoms with E-state index in [4.69, 9.17) is 9.63 Å². The third-order valence-electron chi connectivity index (χ3n) is 2.93. The molecule has 0 amide bonds. The summed E-state index contributed by atoms with van der Waals surface area (Å²) in [4.78, 5) is 6.53. The summed E-state index contributed by atoms with van der Waals surface area (Å²) in [7, 11) is 0. The second kappa shape index (κ2) is 4.72. The van der Waals surface area contributed by atoms with E-state index < -0.39 is 0 Å². The van der Waals surface area contributed by atoms with Crippen LogP contribution in [0.1, 0.15) is 25.1 Å². The molecule has 0 saturated carbocycles. The highest BCUT2D eigenvalue weighted by atomic mass is 16.5. The van der Waals surface area contributed by atoms with Gasteiger partial charge in [-0.3, -0.25) is 0 Å². The lowest BCUT2D eigenvalue weighted by Crippen LogP contribution is -2.20. The van der Waals surface area contributed by atoms with Crippen LogP contribution in [0.15, 0.2) is 4.52 Å². The molecule has 1 saturated heterocycles. The highest BCUT2D eigenvalue weighted by Gasteiger charge is 2.23. The standard InChI is InChI=1S/C10H17N3O2/c1-2-13-4-3-8(6-13)5-9-11-10(7-14)15-12-9/h8,14H,2-7H2,1H3. The molecule has 2 rings (SSSR count). The van der Waals surface area contributed by atoms with Crippen LogP contribution in [0, 0.1) is 5.92 Å². The van der Waals surface area contributed by atoms with Gasteiger partial charge in [-0.1, -0.05) is 12.1 Å². The quantitative estimate of drug-likeness (QED) is 0.783. The van der Waals surface area contributed by atoms with E-state index in [2.05, 4.69) is 22.0 Å². The number of aliphatic hydroxyl groups excluding tert-OH is 1. The Balaban J connectivity index is 1.87. The first-order valence-electron chi connectivity index (χ1n) is 5.46. The molecule has 1 aliphatic rings. The van der Waals surface area contributed by atoms with E-state index in [-0.39, 0.29) is 6.61 Å². The molecule has 0 radical (unpaired) electrons. The van der Waals surface area contributed by atoms with Gasteiger partial charge in [-0.15, -0.1) is 0 Å². The molecule has 5 nitrogen and oxygen atoms in total. The Hall–Kier alpha value is -0.940. The van der Waals surface area contributed by atoms with E-state index in [1.54, 1.807) is 0 Å². The smallest absolute Gasteiger partial charge is 0.252 e. The van der Waals surface area contributed by atoms with Crippen LogP contribution in [0.2, 0.25) is 0 Å². The van der Waals surface area contributed by atoms with Crippen molar-refractivity contribution in [3.05, 3.63) is 11.7 Å². The summed E-state index contributed by atoms with van der Waals surface area (Å²) in [6.07, 6.45) is 2.07. The van der Waals surface area contributed by atoms with E-state index in [0.717, 1.165) is 25.3 Å². The van der Waals surface area contributed by atoms with Gasteiger partial charge < -0.3 is 14.5 Å². The number of hydrogen-bond acceptors (Lipinski definition) is 5. The Morgan fingerprint density at radius 1 is 1.60 bits per heavy atom. The molecule has 1 aliphatic heterocycles. The molecular weight excluding hydrogens is 194 g/mol. The third kappa shape index (κ3) is 2.54. The molecule has 1 N–H and O–H groups in total. The Morgan fingerprint density at radius 3 is 3.07 bits per heavy atom. The first-order chi connectivity index (χ1) is 7.31. The van der Waals surface area contributed by atoms with E-state index in [1.807, 2.05) is 0 Å². The Labute approximate surface area is 89.1 Å². The van der Waals surface area contributed by atoms with Crippen molar-refractivity contribution in [3.8, 4) is 0 Å². The normalized spacial score (nSPS) is 22.4. The van der Waals surface area contributed by atoms with E-state index >= 15 is 0 Å². The second-order valence-electron chi connectivity index (χ2n) is 4.01. The van der Waals surface area contributed by atoms with Gasteiger partial charge in [0.2, 0.25) is 0 Å². The Kier molecular flexibility index (Phi) is 3.33. The van der Waals surface area contributed by atoms with Crippen LogP contribution >= 0.6 is 0 Å². The summed E-state index contributed by atoms with van der Waals surface area (Å²) in [5.74, 6) is 1.67. The molecule has 1 unspecified atom stereocenters. The van der Waals surface area contributed by atoms with Crippen molar-refractivity contribution in [3.63, 3.8) is 0 Å². The number of hydrogen-bond donors (Lipinski definition) is 1. The third-order valence-corrected chi connectivity index (χ3v) is 2.93. The van der Waals surface area contributed by atoms with Gasteiger partial charge in [0.1, 0.15) is 6.61 Å². The maximum Gasteiger partial charge on any atom is 0.252 e. The Bertz CT molecular complexity index is 313. The van der Waals surface area contributed by atoms with E-state index in [9.17, 15) is 0 Å². The van der Waals surface area contributed by atoms with Crippen molar-refractivity contribution < 1.29 is 9.63 Å². The van der Waals surface area contributed by atoms with Crippen molar-refractivity contribution >= 4 is 0 Å². The summed E-state index contributed by atoms with van der Waals surface area (Å²) in [5, 5.41) is 12.6. The lowest BCUT2D eigenvalue weighted by molar-refractivity contribution is 0.222. The van der Waals surface area contributed by atoms with Gasteiger partial charge >= 0.3 is 0 Å². The van der Waals surface area contributed by atoms with Gasteiger partial charge in [-0.05, 0) is 25.4 Å². The van der Waals surface area contributed by atoms with Crippen LogP contribution in [-0.4, -0.2) is 39.8 Å². The molecule has 1 aromatic heterocycles. The minimum atomic E-state index is -0.168. The van der Waals surface area contributed by atoms with E-state index in [0.29, 0.717) is 11.8 Å². The van der Waals surface area contributed by atoms with Gasteiger partial charge in [0.15, 0.2) is 5.82 Å². The molecule has 15 heavy (non-hydrogen) atoms. The first kappa shape index (κ1) is 10.6. The first-order valence-corrected chi connectivity index (χ1v) is 5.46. The zero-order chi connectivity index (χ0) is 10.7. The summed E-state index contributed by atoms with van der Waals surface area (Å²) < 4.78 is 4.85. The largest absolute Gasteiger partial charge is 0.387 e. The van der Waals surface area contributed by atoms with Gasteiger partial charge in [0, 0.05) is 13.0 Å². The fourth-order valence-electron chi connectivity index (χ4n) is 2.06. The average molecular weight is 211 g/mol. The van der Waals surface area contributed by atoms with Crippen LogP contribution in [0.5, 0.6) is 0 Å². The summed E-state index contributed by atoms with van der Waals surface area (Å²) in [6.45, 7) is 5.43. The molecule has 2 heterocycles. The van der Waals surface area contributed by atoms with Gasteiger partial charge in [0.05, 0.1) is 0 Å².